The van der Waals surface area contributed by atoms with Crippen molar-refractivity contribution >= 4 is 35.0 Å². The van der Waals surface area contributed by atoms with Crippen molar-refractivity contribution in [2.75, 3.05) is 16.8 Å². The molecule has 0 unspecified atom stereocenters. The van der Waals surface area contributed by atoms with Crippen molar-refractivity contribution in [1.29, 1.82) is 0 Å². The topological polar surface area (TPSA) is 105 Å². The first kappa shape index (κ1) is 25.6. The summed E-state index contributed by atoms with van der Waals surface area (Å²) in [6, 6.07) is 19.7. The first-order valence-electron chi connectivity index (χ1n) is 12.3. The monoisotopic (exact) mass is 498 g/mol. The lowest BCUT2D eigenvalue weighted by Gasteiger charge is -2.32. The molecule has 0 saturated heterocycles. The first-order chi connectivity index (χ1) is 17.8. The summed E-state index contributed by atoms with van der Waals surface area (Å²) in [5.41, 5.74) is 5.07. The van der Waals surface area contributed by atoms with Gasteiger partial charge in [0, 0.05) is 48.7 Å². The van der Waals surface area contributed by atoms with Crippen LogP contribution in [-0.2, 0) is 17.8 Å². The second-order valence-corrected chi connectivity index (χ2v) is 9.13. The number of nitro groups is 1. The third kappa shape index (κ3) is 6.41. The number of hydrogen-bond donors (Lipinski definition) is 2. The van der Waals surface area contributed by atoms with Gasteiger partial charge in [-0.3, -0.25) is 19.7 Å². The number of carbonyl (C=O) groups excluding carboxylic acids is 2. The number of hydrogen-bond acceptors (Lipinski definition) is 5. The number of amides is 2. The van der Waals surface area contributed by atoms with Crippen molar-refractivity contribution < 1.29 is 14.5 Å². The van der Waals surface area contributed by atoms with Crippen LogP contribution in [0.15, 0.2) is 72.8 Å². The molecule has 0 aliphatic carbocycles. The fourth-order valence-electron chi connectivity index (χ4n) is 4.24. The molecule has 3 aromatic carbocycles. The van der Waals surface area contributed by atoms with Crippen LogP contribution in [0.1, 0.15) is 47.3 Å². The number of fused-ring (bicyclic) bond motifs is 1. The maximum absolute atomic E-state index is 13.2. The van der Waals surface area contributed by atoms with Gasteiger partial charge in [0.1, 0.15) is 0 Å². The maximum Gasteiger partial charge on any atom is 0.269 e. The van der Waals surface area contributed by atoms with Crippen LogP contribution >= 0.6 is 0 Å². The Kier molecular flexibility index (Phi) is 7.98. The summed E-state index contributed by atoms with van der Waals surface area (Å²) in [5, 5.41) is 16.7. The molecule has 1 heterocycles. The zero-order valence-electron chi connectivity index (χ0n) is 20.9. The summed E-state index contributed by atoms with van der Waals surface area (Å²) in [7, 11) is 0. The Balaban J connectivity index is 1.54. The van der Waals surface area contributed by atoms with E-state index in [1.165, 1.54) is 29.3 Å². The number of non-ortho nitro benzene ring substituents is 1. The van der Waals surface area contributed by atoms with Crippen molar-refractivity contribution in [2.24, 2.45) is 0 Å². The Bertz CT molecular complexity index is 1330. The quantitative estimate of drug-likeness (QED) is 0.248. The zero-order chi connectivity index (χ0) is 26.4. The van der Waals surface area contributed by atoms with Gasteiger partial charge in [0.2, 0.25) is 5.91 Å². The SMILES string of the molecule is CC[C@@H](C)NC(=O)c1cc(NC(=O)/C=C/c2ccc([N+](=O)[O-])cc2)ccc1N1CCc2ccccc2C1. The van der Waals surface area contributed by atoms with Gasteiger partial charge in [0.15, 0.2) is 0 Å². The average Bonchev–Trinajstić information content (AvgIpc) is 2.91. The van der Waals surface area contributed by atoms with Gasteiger partial charge >= 0.3 is 0 Å². The molecule has 37 heavy (non-hydrogen) atoms. The summed E-state index contributed by atoms with van der Waals surface area (Å²) in [5.74, 6) is -0.549. The molecular formula is C29H30N4O4. The molecule has 190 valence electrons. The molecule has 0 aromatic heterocycles. The normalized spacial score (nSPS) is 13.6. The van der Waals surface area contributed by atoms with Crippen LogP contribution < -0.4 is 15.5 Å². The lowest BCUT2D eigenvalue weighted by Crippen LogP contribution is -2.35. The minimum Gasteiger partial charge on any atom is -0.366 e. The molecule has 2 N–H and O–H groups in total. The van der Waals surface area contributed by atoms with Crippen LogP contribution in [0.25, 0.3) is 6.08 Å². The molecule has 0 saturated carbocycles. The van der Waals surface area contributed by atoms with E-state index in [0.29, 0.717) is 23.4 Å². The average molecular weight is 499 g/mol. The molecule has 8 nitrogen and oxygen atoms in total. The Hall–Kier alpha value is -4.46. The molecule has 8 heteroatoms. The highest BCUT2D eigenvalue weighted by Gasteiger charge is 2.22. The van der Waals surface area contributed by atoms with Crippen molar-refractivity contribution in [2.45, 2.75) is 39.3 Å². The summed E-state index contributed by atoms with van der Waals surface area (Å²) in [4.78, 5) is 38.3. The third-order valence-corrected chi connectivity index (χ3v) is 6.50. The predicted molar refractivity (Wildman–Crippen MR) is 146 cm³/mol. The van der Waals surface area contributed by atoms with Crippen molar-refractivity contribution in [1.82, 2.24) is 5.32 Å². The summed E-state index contributed by atoms with van der Waals surface area (Å²) in [6.07, 6.45) is 4.64. The van der Waals surface area contributed by atoms with Crippen LogP contribution in [0.4, 0.5) is 17.1 Å². The smallest absolute Gasteiger partial charge is 0.269 e. The molecule has 0 spiro atoms. The molecule has 3 aromatic rings. The van der Waals surface area contributed by atoms with E-state index in [1.54, 1.807) is 30.3 Å². The maximum atomic E-state index is 13.2. The Morgan fingerprint density at radius 3 is 2.51 bits per heavy atom. The van der Waals surface area contributed by atoms with E-state index in [1.807, 2.05) is 32.0 Å². The summed E-state index contributed by atoms with van der Waals surface area (Å²) >= 11 is 0. The van der Waals surface area contributed by atoms with E-state index < -0.39 is 4.92 Å². The van der Waals surface area contributed by atoms with Gasteiger partial charge in [0.25, 0.3) is 11.6 Å². The number of benzene rings is 3. The van der Waals surface area contributed by atoms with Crippen molar-refractivity contribution in [3.05, 3.63) is 105 Å². The highest BCUT2D eigenvalue weighted by molar-refractivity contribution is 6.05. The van der Waals surface area contributed by atoms with Gasteiger partial charge < -0.3 is 15.5 Å². The summed E-state index contributed by atoms with van der Waals surface area (Å²) < 4.78 is 0. The summed E-state index contributed by atoms with van der Waals surface area (Å²) in [6.45, 7) is 5.48. The minimum atomic E-state index is -0.471. The number of carbonyl (C=O) groups is 2. The highest BCUT2D eigenvalue weighted by atomic mass is 16.6. The number of nitro benzene ring substituents is 1. The van der Waals surface area contributed by atoms with Gasteiger partial charge in [-0.1, -0.05) is 31.2 Å². The molecule has 4 rings (SSSR count). The Morgan fingerprint density at radius 2 is 1.81 bits per heavy atom. The Labute approximate surface area is 216 Å². The van der Waals surface area contributed by atoms with E-state index in [0.717, 1.165) is 25.1 Å². The fourth-order valence-corrected chi connectivity index (χ4v) is 4.24. The van der Waals surface area contributed by atoms with Gasteiger partial charge in [-0.05, 0) is 72.9 Å². The van der Waals surface area contributed by atoms with Crippen LogP contribution in [0.3, 0.4) is 0 Å². The second-order valence-electron chi connectivity index (χ2n) is 9.13. The van der Waals surface area contributed by atoms with Crippen molar-refractivity contribution in [3.8, 4) is 0 Å². The van der Waals surface area contributed by atoms with Crippen LogP contribution in [0.2, 0.25) is 0 Å². The zero-order valence-corrected chi connectivity index (χ0v) is 20.9. The second kappa shape index (κ2) is 11.5. The van der Waals surface area contributed by atoms with Gasteiger partial charge in [-0.2, -0.15) is 0 Å². The number of anilines is 2. The largest absolute Gasteiger partial charge is 0.366 e. The molecule has 0 bridgehead atoms. The van der Waals surface area contributed by atoms with E-state index in [-0.39, 0.29) is 23.5 Å². The molecule has 1 aliphatic heterocycles. The van der Waals surface area contributed by atoms with E-state index in [2.05, 4.69) is 27.7 Å². The lowest BCUT2D eigenvalue weighted by molar-refractivity contribution is -0.384. The molecule has 1 aliphatic rings. The lowest BCUT2D eigenvalue weighted by atomic mass is 9.98. The van der Waals surface area contributed by atoms with Crippen LogP contribution in [0.5, 0.6) is 0 Å². The van der Waals surface area contributed by atoms with Crippen LogP contribution in [0, 0.1) is 10.1 Å². The van der Waals surface area contributed by atoms with Gasteiger partial charge in [-0.25, -0.2) is 0 Å². The van der Waals surface area contributed by atoms with Crippen LogP contribution in [-0.4, -0.2) is 29.3 Å². The van der Waals surface area contributed by atoms with Crippen molar-refractivity contribution in [3.63, 3.8) is 0 Å². The minimum absolute atomic E-state index is 0.0120. The van der Waals surface area contributed by atoms with E-state index in [4.69, 9.17) is 0 Å². The van der Waals surface area contributed by atoms with E-state index >= 15 is 0 Å². The molecule has 2 amide bonds. The molecular weight excluding hydrogens is 468 g/mol. The first-order valence-corrected chi connectivity index (χ1v) is 12.3. The van der Waals surface area contributed by atoms with Gasteiger partial charge in [-0.15, -0.1) is 0 Å². The highest BCUT2D eigenvalue weighted by Crippen LogP contribution is 2.30. The Morgan fingerprint density at radius 1 is 1.08 bits per heavy atom. The fraction of sp³-hybridized carbons (Fsp3) is 0.241. The molecule has 0 fully saturated rings. The molecule has 0 radical (unpaired) electrons. The third-order valence-electron chi connectivity index (χ3n) is 6.50. The van der Waals surface area contributed by atoms with Gasteiger partial charge in [0.05, 0.1) is 10.5 Å². The predicted octanol–water partition coefficient (Wildman–Crippen LogP) is 5.34. The number of rotatable bonds is 8. The van der Waals surface area contributed by atoms with E-state index in [9.17, 15) is 19.7 Å². The number of nitrogens with one attached hydrogen (secondary N) is 2. The number of nitrogens with zero attached hydrogens (tertiary/aromatic N) is 2. The standard InChI is InChI=1S/C29H30N4O4/c1-3-20(2)30-29(35)26-18-24(31-28(34)15-10-21-8-12-25(13-9-21)33(36)37)11-14-27(26)32-17-16-22-6-4-5-7-23(22)19-32/h4-15,18,20H,3,16-17,19H2,1-2H3,(H,30,35)(H,31,34)/b15-10+/t20-/m1/s1. The molecule has 1 atom stereocenters.